The molecule has 3 heteroatoms. The number of nitrogens with one attached hydrogen (secondary N) is 1. The van der Waals surface area contributed by atoms with Gasteiger partial charge in [0.1, 0.15) is 11.9 Å². The highest BCUT2D eigenvalue weighted by Crippen LogP contribution is 2.37. The second-order valence-corrected chi connectivity index (χ2v) is 6.22. The van der Waals surface area contributed by atoms with Crippen LogP contribution in [0.25, 0.3) is 0 Å². The molecule has 106 valence electrons. The minimum absolute atomic E-state index is 0.364. The molecule has 0 fully saturated rings. The predicted molar refractivity (Wildman–Crippen MR) is 83.7 cm³/mol. The first-order chi connectivity index (χ1) is 9.24. The maximum atomic E-state index is 6.14. The summed E-state index contributed by atoms with van der Waals surface area (Å²) in [6.07, 6.45) is 6.26. The highest BCUT2D eigenvalue weighted by atomic mass is 79.9. The van der Waals surface area contributed by atoms with Crippen molar-refractivity contribution in [2.75, 3.05) is 6.54 Å². The normalized spacial score (nSPS) is 21.8. The second kappa shape index (κ2) is 7.30. The maximum absolute atomic E-state index is 6.14. The molecule has 0 spiro atoms. The molecule has 0 amide bonds. The molecule has 2 nitrogen and oxygen atoms in total. The molecule has 0 aliphatic carbocycles. The van der Waals surface area contributed by atoms with Gasteiger partial charge in [-0.15, -0.1) is 0 Å². The lowest BCUT2D eigenvalue weighted by molar-refractivity contribution is 0.138. The molecule has 1 N–H and O–H groups in total. The first kappa shape index (κ1) is 14.9. The van der Waals surface area contributed by atoms with Gasteiger partial charge in [-0.3, -0.25) is 0 Å². The van der Waals surface area contributed by atoms with Gasteiger partial charge in [0.2, 0.25) is 0 Å². The fourth-order valence-corrected chi connectivity index (χ4v) is 3.02. The molecule has 2 unspecified atom stereocenters. The van der Waals surface area contributed by atoms with Crippen molar-refractivity contribution in [2.24, 2.45) is 0 Å². The van der Waals surface area contributed by atoms with Crippen LogP contribution in [0.4, 0.5) is 0 Å². The van der Waals surface area contributed by atoms with Crippen molar-refractivity contribution in [3.8, 4) is 5.75 Å². The Morgan fingerprint density at radius 3 is 2.89 bits per heavy atom. The average molecular weight is 326 g/mol. The van der Waals surface area contributed by atoms with Gasteiger partial charge < -0.3 is 10.1 Å². The van der Waals surface area contributed by atoms with Gasteiger partial charge in [-0.05, 0) is 37.6 Å². The van der Waals surface area contributed by atoms with Crippen LogP contribution in [0, 0.1) is 0 Å². The van der Waals surface area contributed by atoms with E-state index in [4.69, 9.17) is 4.74 Å². The monoisotopic (exact) mass is 325 g/mol. The molecule has 19 heavy (non-hydrogen) atoms. The summed E-state index contributed by atoms with van der Waals surface area (Å²) < 4.78 is 7.27. The van der Waals surface area contributed by atoms with Crippen LogP contribution < -0.4 is 10.1 Å². The van der Waals surface area contributed by atoms with Crippen molar-refractivity contribution >= 4 is 15.9 Å². The van der Waals surface area contributed by atoms with Gasteiger partial charge in [0.05, 0.1) is 0 Å². The molecule has 1 aromatic carbocycles. The van der Waals surface area contributed by atoms with Gasteiger partial charge >= 0.3 is 0 Å². The first-order valence-electron chi connectivity index (χ1n) is 7.44. The van der Waals surface area contributed by atoms with Crippen LogP contribution in [0.1, 0.15) is 57.6 Å². The number of hydrogen-bond donors (Lipinski definition) is 1. The molecule has 0 saturated heterocycles. The van der Waals surface area contributed by atoms with Crippen molar-refractivity contribution in [3.05, 3.63) is 28.2 Å². The Morgan fingerprint density at radius 2 is 2.16 bits per heavy atom. The Hall–Kier alpha value is -0.540. The molecule has 0 saturated carbocycles. The lowest BCUT2D eigenvalue weighted by Crippen LogP contribution is -2.33. The van der Waals surface area contributed by atoms with E-state index in [1.807, 2.05) is 0 Å². The van der Waals surface area contributed by atoms with Crippen molar-refractivity contribution in [2.45, 2.75) is 58.1 Å². The molecule has 2 rings (SSSR count). The van der Waals surface area contributed by atoms with E-state index in [2.05, 4.69) is 53.3 Å². The van der Waals surface area contributed by atoms with Crippen molar-refractivity contribution < 1.29 is 4.74 Å². The SMILES string of the molecule is CCCCC1CC(NCCC)c2cc(Br)ccc2O1. The lowest BCUT2D eigenvalue weighted by atomic mass is 9.94. The fourth-order valence-electron chi connectivity index (χ4n) is 2.64. The Balaban J connectivity index is 2.14. The highest BCUT2D eigenvalue weighted by molar-refractivity contribution is 9.10. The summed E-state index contributed by atoms with van der Waals surface area (Å²) >= 11 is 3.56. The molecule has 0 aromatic heterocycles. The molecule has 0 radical (unpaired) electrons. The van der Waals surface area contributed by atoms with E-state index in [1.165, 1.54) is 24.8 Å². The topological polar surface area (TPSA) is 21.3 Å². The number of hydrogen-bond acceptors (Lipinski definition) is 2. The van der Waals surface area contributed by atoms with Crippen LogP contribution in [0.3, 0.4) is 0 Å². The van der Waals surface area contributed by atoms with Crippen LogP contribution in [-0.4, -0.2) is 12.6 Å². The average Bonchev–Trinajstić information content (AvgIpc) is 2.42. The Morgan fingerprint density at radius 1 is 1.32 bits per heavy atom. The maximum Gasteiger partial charge on any atom is 0.124 e. The van der Waals surface area contributed by atoms with E-state index in [0.717, 1.165) is 29.6 Å². The third-order valence-electron chi connectivity index (χ3n) is 3.66. The number of ether oxygens (including phenoxy) is 1. The van der Waals surface area contributed by atoms with Crippen LogP contribution in [-0.2, 0) is 0 Å². The molecule has 1 aromatic rings. The zero-order valence-corrected chi connectivity index (χ0v) is 13.5. The van der Waals surface area contributed by atoms with Crippen molar-refractivity contribution in [1.82, 2.24) is 5.32 Å². The first-order valence-corrected chi connectivity index (χ1v) is 8.23. The number of unbranched alkanes of at least 4 members (excludes halogenated alkanes) is 1. The molecular formula is C16H24BrNO. The Labute approximate surface area is 125 Å². The van der Waals surface area contributed by atoms with Crippen LogP contribution in [0.2, 0.25) is 0 Å². The highest BCUT2D eigenvalue weighted by Gasteiger charge is 2.27. The summed E-state index contributed by atoms with van der Waals surface area (Å²) in [7, 11) is 0. The van der Waals surface area contributed by atoms with Gasteiger partial charge in [-0.25, -0.2) is 0 Å². The molecule has 0 bridgehead atoms. The summed E-state index contributed by atoms with van der Waals surface area (Å²) in [6.45, 7) is 5.51. The van der Waals surface area contributed by atoms with Crippen molar-refractivity contribution in [1.29, 1.82) is 0 Å². The third-order valence-corrected chi connectivity index (χ3v) is 4.15. The van der Waals surface area contributed by atoms with Crippen LogP contribution in [0.5, 0.6) is 5.75 Å². The summed E-state index contributed by atoms with van der Waals surface area (Å²) in [6, 6.07) is 6.79. The number of halogens is 1. The number of rotatable bonds is 6. The second-order valence-electron chi connectivity index (χ2n) is 5.31. The van der Waals surface area contributed by atoms with E-state index in [1.54, 1.807) is 0 Å². The standard InChI is InChI=1S/C16H24BrNO/c1-3-5-6-13-11-15(18-9-4-2)14-10-12(17)7-8-16(14)19-13/h7-8,10,13,15,18H,3-6,9,11H2,1-2H3. The van der Waals surface area contributed by atoms with Gasteiger partial charge in [0.25, 0.3) is 0 Å². The molecule has 1 aliphatic heterocycles. The third kappa shape index (κ3) is 3.96. The number of benzene rings is 1. The van der Waals surface area contributed by atoms with Gasteiger partial charge in [-0.1, -0.05) is 42.6 Å². The summed E-state index contributed by atoms with van der Waals surface area (Å²) in [5.74, 6) is 1.06. The van der Waals surface area contributed by atoms with E-state index in [0.29, 0.717) is 12.1 Å². The molecule has 1 heterocycles. The van der Waals surface area contributed by atoms with Crippen LogP contribution in [0.15, 0.2) is 22.7 Å². The van der Waals surface area contributed by atoms with Crippen LogP contribution >= 0.6 is 15.9 Å². The minimum Gasteiger partial charge on any atom is -0.490 e. The summed E-state index contributed by atoms with van der Waals surface area (Å²) in [4.78, 5) is 0. The Kier molecular flexibility index (Phi) is 5.71. The van der Waals surface area contributed by atoms with Crippen molar-refractivity contribution in [3.63, 3.8) is 0 Å². The van der Waals surface area contributed by atoms with Gasteiger partial charge in [0, 0.05) is 22.5 Å². The van der Waals surface area contributed by atoms with E-state index in [-0.39, 0.29) is 0 Å². The zero-order valence-electron chi connectivity index (χ0n) is 11.9. The largest absolute Gasteiger partial charge is 0.490 e. The van der Waals surface area contributed by atoms with Gasteiger partial charge in [0.15, 0.2) is 0 Å². The van der Waals surface area contributed by atoms with E-state index >= 15 is 0 Å². The minimum atomic E-state index is 0.364. The predicted octanol–water partition coefficient (Wildman–Crippen LogP) is 4.83. The summed E-state index contributed by atoms with van der Waals surface area (Å²) in [5, 5.41) is 3.66. The molecule has 1 aliphatic rings. The van der Waals surface area contributed by atoms with E-state index in [9.17, 15) is 0 Å². The quantitative estimate of drug-likeness (QED) is 0.808. The summed E-state index contributed by atoms with van der Waals surface area (Å²) in [5.41, 5.74) is 1.30. The fraction of sp³-hybridized carbons (Fsp3) is 0.625. The van der Waals surface area contributed by atoms with Gasteiger partial charge in [-0.2, -0.15) is 0 Å². The molecular weight excluding hydrogens is 302 g/mol. The molecule has 2 atom stereocenters. The van der Waals surface area contributed by atoms with E-state index < -0.39 is 0 Å². The number of fused-ring (bicyclic) bond motifs is 1. The smallest absolute Gasteiger partial charge is 0.124 e. The Bertz CT molecular complexity index is 408. The lowest BCUT2D eigenvalue weighted by Gasteiger charge is -2.33. The zero-order chi connectivity index (χ0) is 13.7.